The van der Waals surface area contributed by atoms with Crippen LogP contribution in [0.1, 0.15) is 22.3 Å². The second-order valence-electron chi connectivity index (χ2n) is 8.55. The lowest BCUT2D eigenvalue weighted by molar-refractivity contribution is -0.139. The van der Waals surface area contributed by atoms with Gasteiger partial charge in [-0.05, 0) is 85.0 Å². The van der Waals surface area contributed by atoms with Crippen LogP contribution in [0.3, 0.4) is 0 Å². The second-order valence-corrected chi connectivity index (χ2v) is 8.55. The topological polar surface area (TPSA) is 127 Å². The van der Waals surface area contributed by atoms with E-state index in [1.807, 2.05) is 44.2 Å². The lowest BCUT2D eigenvalue weighted by atomic mass is 10.1. The Morgan fingerprint density at radius 2 is 1.64 bits per heavy atom. The van der Waals surface area contributed by atoms with E-state index < -0.39 is 11.8 Å². The largest absolute Gasteiger partial charge is 0.493 e. The van der Waals surface area contributed by atoms with Gasteiger partial charge in [0.2, 0.25) is 0 Å². The molecule has 0 heterocycles. The van der Waals surface area contributed by atoms with E-state index in [2.05, 4.69) is 21.2 Å². The Kier molecular flexibility index (Phi) is 10.4. The summed E-state index contributed by atoms with van der Waals surface area (Å²) < 4.78 is 16.0. The third-order valence-electron chi connectivity index (χ3n) is 5.86. The maximum atomic E-state index is 12.2. The molecular formula is C29H32N4O6. The first kappa shape index (κ1) is 28.7. The van der Waals surface area contributed by atoms with Gasteiger partial charge < -0.3 is 24.8 Å². The van der Waals surface area contributed by atoms with Crippen LogP contribution in [0.2, 0.25) is 0 Å². The maximum absolute atomic E-state index is 12.2. The van der Waals surface area contributed by atoms with Gasteiger partial charge in [0.15, 0.2) is 18.1 Å². The van der Waals surface area contributed by atoms with Crippen LogP contribution in [0.25, 0.3) is 0 Å². The minimum absolute atomic E-state index is 0.141. The van der Waals surface area contributed by atoms with E-state index >= 15 is 0 Å². The molecule has 0 aliphatic rings. The number of rotatable bonds is 11. The molecule has 10 heteroatoms. The number of ether oxygens (including phenoxy) is 3. The van der Waals surface area contributed by atoms with Crippen molar-refractivity contribution in [1.29, 1.82) is 0 Å². The van der Waals surface area contributed by atoms with Gasteiger partial charge in [-0.1, -0.05) is 18.2 Å². The first-order chi connectivity index (χ1) is 18.8. The average Bonchev–Trinajstić information content (AvgIpc) is 2.94. The number of methoxy groups -OCH3 is 2. The predicted molar refractivity (Wildman–Crippen MR) is 148 cm³/mol. The molecule has 3 amide bonds. The summed E-state index contributed by atoms with van der Waals surface area (Å²) in [5.41, 5.74) is 6.63. The van der Waals surface area contributed by atoms with Crippen LogP contribution >= 0.6 is 0 Å². The van der Waals surface area contributed by atoms with Crippen molar-refractivity contribution in [3.63, 3.8) is 0 Å². The Bertz CT molecular complexity index is 1340. The van der Waals surface area contributed by atoms with Gasteiger partial charge >= 0.3 is 11.8 Å². The minimum Gasteiger partial charge on any atom is -0.493 e. The van der Waals surface area contributed by atoms with Crippen LogP contribution in [-0.4, -0.2) is 51.3 Å². The van der Waals surface area contributed by atoms with E-state index in [0.717, 1.165) is 22.4 Å². The molecule has 0 saturated carbocycles. The van der Waals surface area contributed by atoms with Gasteiger partial charge in [-0.3, -0.25) is 14.4 Å². The van der Waals surface area contributed by atoms with Gasteiger partial charge in [-0.2, -0.15) is 5.10 Å². The third kappa shape index (κ3) is 8.60. The van der Waals surface area contributed by atoms with Crippen LogP contribution in [0, 0.1) is 13.8 Å². The summed E-state index contributed by atoms with van der Waals surface area (Å²) in [4.78, 5) is 36.3. The van der Waals surface area contributed by atoms with Crippen LogP contribution in [-0.2, 0) is 20.8 Å². The number of carbonyl (C=O) groups is 3. The van der Waals surface area contributed by atoms with Crippen LogP contribution < -0.4 is 30.3 Å². The number of nitrogens with one attached hydrogen (secondary N) is 3. The zero-order valence-electron chi connectivity index (χ0n) is 22.4. The molecule has 0 radical (unpaired) electrons. The summed E-state index contributed by atoms with van der Waals surface area (Å²) in [5.74, 6) is -0.239. The summed E-state index contributed by atoms with van der Waals surface area (Å²) in [6.45, 7) is 4.05. The molecule has 204 valence electrons. The van der Waals surface area contributed by atoms with Crippen LogP contribution in [0.5, 0.6) is 17.2 Å². The first-order valence-electron chi connectivity index (χ1n) is 12.2. The van der Waals surface area contributed by atoms with Gasteiger partial charge in [0, 0.05) is 12.2 Å². The Labute approximate surface area is 227 Å². The summed E-state index contributed by atoms with van der Waals surface area (Å²) >= 11 is 0. The van der Waals surface area contributed by atoms with E-state index in [1.54, 1.807) is 44.6 Å². The van der Waals surface area contributed by atoms with Crippen molar-refractivity contribution in [3.8, 4) is 17.2 Å². The van der Waals surface area contributed by atoms with Crippen LogP contribution in [0.15, 0.2) is 65.8 Å². The quantitative estimate of drug-likeness (QED) is 0.198. The Morgan fingerprint density at radius 1 is 0.897 bits per heavy atom. The van der Waals surface area contributed by atoms with Crippen LogP contribution in [0.4, 0.5) is 5.69 Å². The van der Waals surface area contributed by atoms with Crippen molar-refractivity contribution in [1.82, 2.24) is 10.7 Å². The van der Waals surface area contributed by atoms with E-state index in [1.165, 1.54) is 6.21 Å². The standard InChI is InChI=1S/C29H32N4O6/c1-19-6-5-7-24(20(19)2)32-27(34)18-39-23-11-8-22(9-12-23)17-31-33-29(36)28(35)30-15-14-21-10-13-25(37-3)26(16-21)38-4/h5-13,16-17H,14-15,18H2,1-4H3,(H,30,35)(H,32,34)(H,33,36)/b31-17-. The van der Waals surface area contributed by atoms with Crippen molar-refractivity contribution >= 4 is 29.6 Å². The molecule has 0 bridgehead atoms. The smallest absolute Gasteiger partial charge is 0.329 e. The molecule has 10 nitrogen and oxygen atoms in total. The van der Waals surface area contributed by atoms with E-state index in [-0.39, 0.29) is 19.1 Å². The molecule has 0 spiro atoms. The van der Waals surface area contributed by atoms with E-state index in [0.29, 0.717) is 29.2 Å². The fourth-order valence-corrected chi connectivity index (χ4v) is 3.52. The lowest BCUT2D eigenvalue weighted by Crippen LogP contribution is -2.38. The SMILES string of the molecule is COc1ccc(CCNC(=O)C(=O)N/N=C\c2ccc(OCC(=O)Nc3cccc(C)c3C)cc2)cc1OC. The summed E-state index contributed by atoms with van der Waals surface area (Å²) in [5, 5.41) is 9.21. The second kappa shape index (κ2) is 14.2. The number of hydrogen-bond donors (Lipinski definition) is 3. The number of amides is 3. The molecule has 3 N–H and O–H groups in total. The molecule has 0 aliphatic heterocycles. The van der Waals surface area contributed by atoms with Crippen molar-refractivity contribution in [2.24, 2.45) is 5.10 Å². The van der Waals surface area contributed by atoms with Crippen molar-refractivity contribution < 1.29 is 28.6 Å². The minimum atomic E-state index is -0.881. The molecular weight excluding hydrogens is 500 g/mol. The Hall–Kier alpha value is -4.86. The zero-order valence-corrected chi connectivity index (χ0v) is 22.4. The van der Waals surface area contributed by atoms with Gasteiger partial charge in [-0.25, -0.2) is 5.43 Å². The monoisotopic (exact) mass is 532 g/mol. The fourth-order valence-electron chi connectivity index (χ4n) is 3.52. The molecule has 3 aromatic rings. The number of nitrogens with zero attached hydrogens (tertiary/aromatic N) is 1. The van der Waals surface area contributed by atoms with Gasteiger partial charge in [0.05, 0.1) is 20.4 Å². The fraction of sp³-hybridized carbons (Fsp3) is 0.241. The Balaban J connectivity index is 1.39. The summed E-state index contributed by atoms with van der Waals surface area (Å²) in [6, 6.07) is 17.9. The Morgan fingerprint density at radius 3 is 2.36 bits per heavy atom. The van der Waals surface area contributed by atoms with E-state index in [4.69, 9.17) is 14.2 Å². The van der Waals surface area contributed by atoms with Crippen molar-refractivity contribution in [2.75, 3.05) is 32.7 Å². The highest BCUT2D eigenvalue weighted by Gasteiger charge is 2.12. The van der Waals surface area contributed by atoms with Gasteiger partial charge in [-0.15, -0.1) is 0 Å². The first-order valence-corrected chi connectivity index (χ1v) is 12.2. The molecule has 3 rings (SSSR count). The van der Waals surface area contributed by atoms with Gasteiger partial charge in [0.25, 0.3) is 5.91 Å². The van der Waals surface area contributed by atoms with Gasteiger partial charge in [0.1, 0.15) is 5.75 Å². The normalized spacial score (nSPS) is 10.6. The maximum Gasteiger partial charge on any atom is 0.329 e. The molecule has 3 aromatic carbocycles. The average molecular weight is 533 g/mol. The zero-order chi connectivity index (χ0) is 28.2. The number of aryl methyl sites for hydroxylation is 1. The third-order valence-corrected chi connectivity index (χ3v) is 5.86. The molecule has 0 saturated heterocycles. The number of carbonyl (C=O) groups excluding carboxylic acids is 3. The number of hydrazone groups is 1. The molecule has 0 aliphatic carbocycles. The molecule has 0 aromatic heterocycles. The van der Waals surface area contributed by atoms with Crippen molar-refractivity contribution in [3.05, 3.63) is 82.9 Å². The molecule has 0 atom stereocenters. The highest BCUT2D eigenvalue weighted by atomic mass is 16.5. The highest BCUT2D eigenvalue weighted by molar-refractivity contribution is 6.35. The molecule has 0 unspecified atom stereocenters. The van der Waals surface area contributed by atoms with Crippen molar-refractivity contribution in [2.45, 2.75) is 20.3 Å². The number of benzene rings is 3. The van der Waals surface area contributed by atoms with E-state index in [9.17, 15) is 14.4 Å². The summed E-state index contributed by atoms with van der Waals surface area (Å²) in [6.07, 6.45) is 1.90. The molecule has 0 fully saturated rings. The highest BCUT2D eigenvalue weighted by Crippen LogP contribution is 2.27. The molecule has 39 heavy (non-hydrogen) atoms. The lowest BCUT2D eigenvalue weighted by Gasteiger charge is -2.11. The predicted octanol–water partition coefficient (Wildman–Crippen LogP) is 3.15. The number of anilines is 1. The number of hydrogen-bond acceptors (Lipinski definition) is 7. The summed E-state index contributed by atoms with van der Waals surface area (Å²) in [7, 11) is 3.10.